The summed E-state index contributed by atoms with van der Waals surface area (Å²) in [5.41, 5.74) is 3.03. The number of para-hydroxylation sites is 1. The summed E-state index contributed by atoms with van der Waals surface area (Å²) in [5.74, 6) is -4.56. The Kier molecular flexibility index (Phi) is 3.42. The summed E-state index contributed by atoms with van der Waals surface area (Å²) in [5, 5.41) is 0.663. The first-order valence-electron chi connectivity index (χ1n) is 7.87. The molecule has 0 amide bonds. The number of hydrogen-bond acceptors (Lipinski definition) is 4. The van der Waals surface area contributed by atoms with Crippen LogP contribution >= 0.6 is 0 Å². The monoisotopic (exact) mass is 331 g/mol. The van der Waals surface area contributed by atoms with Crippen molar-refractivity contribution in [2.24, 2.45) is 0 Å². The van der Waals surface area contributed by atoms with Gasteiger partial charge in [0.05, 0.1) is 11.9 Å². The lowest BCUT2D eigenvalue weighted by atomic mass is 9.80. The minimum Gasteiger partial charge on any atom is -0.360 e. The molecule has 0 unspecified atom stereocenters. The highest BCUT2D eigenvalue weighted by Gasteiger charge is 2.43. The Morgan fingerprint density at radius 1 is 0.800 bits per heavy atom. The molecule has 122 valence electrons. The summed E-state index contributed by atoms with van der Waals surface area (Å²) in [6.07, 6.45) is 0.926. The Labute approximate surface area is 142 Å². The van der Waals surface area contributed by atoms with Gasteiger partial charge in [-0.25, -0.2) is 0 Å². The van der Waals surface area contributed by atoms with Gasteiger partial charge in [-0.3, -0.25) is 19.2 Å². The zero-order valence-electron chi connectivity index (χ0n) is 13.1. The molecule has 2 aromatic carbocycles. The molecule has 0 spiro atoms. The Morgan fingerprint density at radius 2 is 1.48 bits per heavy atom. The Bertz CT molecular complexity index is 1020. The number of Topliss-reactive ketones (excluding diaryl/α,β-unsaturated/α-hetero) is 4. The van der Waals surface area contributed by atoms with Crippen LogP contribution in [-0.2, 0) is 19.2 Å². The van der Waals surface area contributed by atoms with E-state index in [1.165, 1.54) is 0 Å². The molecule has 25 heavy (non-hydrogen) atoms. The SMILES string of the molecule is O=C1CC(=O)C(=O)C(c2c[nH]c3c(-c4ccccc4)cccc23)C1=O. The lowest BCUT2D eigenvalue weighted by molar-refractivity contribution is -0.149. The minimum atomic E-state index is -1.34. The van der Waals surface area contributed by atoms with E-state index >= 15 is 0 Å². The van der Waals surface area contributed by atoms with Gasteiger partial charge in [-0.2, -0.15) is 0 Å². The fourth-order valence-corrected chi connectivity index (χ4v) is 3.32. The molecule has 1 aromatic heterocycles. The quantitative estimate of drug-likeness (QED) is 0.578. The topological polar surface area (TPSA) is 84.1 Å². The number of hydrogen-bond donors (Lipinski definition) is 1. The summed E-state index contributed by atoms with van der Waals surface area (Å²) in [7, 11) is 0. The first-order chi connectivity index (χ1) is 12.1. The van der Waals surface area contributed by atoms with Gasteiger partial charge in [-0.15, -0.1) is 0 Å². The van der Waals surface area contributed by atoms with Gasteiger partial charge in [0.25, 0.3) is 0 Å². The van der Waals surface area contributed by atoms with Crippen molar-refractivity contribution in [3.63, 3.8) is 0 Å². The maximum absolute atomic E-state index is 12.2. The number of benzene rings is 2. The molecule has 4 rings (SSSR count). The Balaban J connectivity index is 1.90. The lowest BCUT2D eigenvalue weighted by Gasteiger charge is -2.17. The standard InChI is InChI=1S/C20H13NO4/c22-15-9-16(23)20(25)17(19(15)24)14-10-21-18-12(7-4-8-13(14)18)11-5-2-1-3-6-11/h1-8,10,17,21H,9H2. The fourth-order valence-electron chi connectivity index (χ4n) is 3.32. The van der Waals surface area contributed by atoms with Crippen LogP contribution in [0.1, 0.15) is 17.9 Å². The number of nitrogens with one attached hydrogen (secondary N) is 1. The fraction of sp³-hybridized carbons (Fsp3) is 0.100. The van der Waals surface area contributed by atoms with Crippen LogP contribution in [0.2, 0.25) is 0 Å². The van der Waals surface area contributed by atoms with E-state index in [1.54, 1.807) is 12.3 Å². The predicted octanol–water partition coefficient (Wildman–Crippen LogP) is 2.60. The van der Waals surface area contributed by atoms with Gasteiger partial charge in [0.15, 0.2) is 0 Å². The molecule has 0 saturated heterocycles. The second kappa shape index (κ2) is 5.63. The van der Waals surface area contributed by atoms with Crippen LogP contribution in [0.4, 0.5) is 0 Å². The minimum absolute atomic E-state index is 0.379. The van der Waals surface area contributed by atoms with E-state index in [2.05, 4.69) is 4.98 Å². The molecule has 0 radical (unpaired) electrons. The molecule has 1 N–H and O–H groups in total. The molecule has 0 atom stereocenters. The van der Waals surface area contributed by atoms with Gasteiger partial charge >= 0.3 is 0 Å². The molecule has 5 nitrogen and oxygen atoms in total. The summed E-state index contributed by atoms with van der Waals surface area (Å²) in [6.45, 7) is 0. The number of carbonyl (C=O) groups excluding carboxylic acids is 4. The molecule has 1 fully saturated rings. The van der Waals surface area contributed by atoms with Crippen LogP contribution in [-0.4, -0.2) is 28.1 Å². The number of ketones is 4. The zero-order chi connectivity index (χ0) is 17.6. The van der Waals surface area contributed by atoms with Gasteiger partial charge in [0.1, 0.15) is 5.92 Å². The van der Waals surface area contributed by atoms with E-state index in [0.29, 0.717) is 10.9 Å². The first-order valence-corrected chi connectivity index (χ1v) is 7.87. The van der Waals surface area contributed by atoms with Crippen molar-refractivity contribution in [2.75, 3.05) is 0 Å². The van der Waals surface area contributed by atoms with Gasteiger partial charge in [-0.1, -0.05) is 48.5 Å². The lowest BCUT2D eigenvalue weighted by Crippen LogP contribution is -2.40. The average Bonchev–Trinajstić information content (AvgIpc) is 3.05. The Morgan fingerprint density at radius 3 is 2.16 bits per heavy atom. The Hall–Kier alpha value is -3.34. The largest absolute Gasteiger partial charge is 0.360 e. The molecular formula is C20H13NO4. The van der Waals surface area contributed by atoms with E-state index in [1.807, 2.05) is 42.5 Å². The summed E-state index contributed by atoms with van der Waals surface area (Å²) in [4.78, 5) is 51.1. The van der Waals surface area contributed by atoms with E-state index in [9.17, 15) is 19.2 Å². The number of rotatable bonds is 2. The molecule has 1 aliphatic rings. The summed E-state index contributed by atoms with van der Waals surface area (Å²) < 4.78 is 0. The maximum atomic E-state index is 12.2. The molecule has 1 aliphatic carbocycles. The molecule has 1 saturated carbocycles. The van der Waals surface area contributed by atoms with Gasteiger partial charge < -0.3 is 4.98 Å². The highest BCUT2D eigenvalue weighted by molar-refractivity contribution is 6.61. The van der Waals surface area contributed by atoms with Crippen molar-refractivity contribution < 1.29 is 19.2 Å². The molecule has 5 heteroatoms. The van der Waals surface area contributed by atoms with Crippen molar-refractivity contribution in [3.05, 3.63) is 60.3 Å². The van der Waals surface area contributed by atoms with Crippen LogP contribution in [0.3, 0.4) is 0 Å². The van der Waals surface area contributed by atoms with Gasteiger partial charge in [0, 0.05) is 17.1 Å². The van der Waals surface area contributed by atoms with Crippen LogP contribution in [0.15, 0.2) is 54.7 Å². The van der Waals surface area contributed by atoms with E-state index < -0.39 is 35.5 Å². The number of carbonyl (C=O) groups is 4. The second-order valence-corrected chi connectivity index (χ2v) is 6.02. The molecule has 1 heterocycles. The molecule has 0 aliphatic heterocycles. The highest BCUT2D eigenvalue weighted by atomic mass is 16.2. The van der Waals surface area contributed by atoms with Crippen molar-refractivity contribution in [2.45, 2.75) is 12.3 Å². The third-order valence-corrected chi connectivity index (χ3v) is 4.54. The first kappa shape index (κ1) is 15.2. The van der Waals surface area contributed by atoms with Crippen LogP contribution in [0, 0.1) is 0 Å². The van der Waals surface area contributed by atoms with E-state index in [0.717, 1.165) is 16.6 Å². The summed E-state index contributed by atoms with van der Waals surface area (Å²) >= 11 is 0. The smallest absolute Gasteiger partial charge is 0.214 e. The molecule has 0 bridgehead atoms. The average molecular weight is 331 g/mol. The highest BCUT2D eigenvalue weighted by Crippen LogP contribution is 2.34. The summed E-state index contributed by atoms with van der Waals surface area (Å²) in [6, 6.07) is 15.2. The van der Waals surface area contributed by atoms with E-state index in [4.69, 9.17) is 0 Å². The van der Waals surface area contributed by atoms with Crippen molar-refractivity contribution in [3.8, 4) is 11.1 Å². The number of H-pyrrole nitrogens is 1. The van der Waals surface area contributed by atoms with Crippen molar-refractivity contribution in [1.82, 2.24) is 4.98 Å². The maximum Gasteiger partial charge on any atom is 0.214 e. The van der Waals surface area contributed by atoms with Crippen LogP contribution in [0.25, 0.3) is 22.0 Å². The predicted molar refractivity (Wildman–Crippen MR) is 91.1 cm³/mol. The third kappa shape index (κ3) is 2.32. The van der Waals surface area contributed by atoms with Crippen molar-refractivity contribution >= 4 is 34.0 Å². The van der Waals surface area contributed by atoms with E-state index in [-0.39, 0.29) is 0 Å². The normalized spacial score (nSPS) is 16.0. The number of aromatic nitrogens is 1. The zero-order valence-corrected chi connectivity index (χ0v) is 13.1. The van der Waals surface area contributed by atoms with Gasteiger partial charge in [-0.05, 0) is 11.1 Å². The third-order valence-electron chi connectivity index (χ3n) is 4.54. The van der Waals surface area contributed by atoms with Gasteiger partial charge in [0.2, 0.25) is 23.1 Å². The van der Waals surface area contributed by atoms with Crippen LogP contribution in [0.5, 0.6) is 0 Å². The molecule has 3 aromatic rings. The molecular weight excluding hydrogens is 318 g/mol. The van der Waals surface area contributed by atoms with Crippen molar-refractivity contribution in [1.29, 1.82) is 0 Å². The number of aromatic amines is 1. The van der Waals surface area contributed by atoms with Crippen LogP contribution < -0.4 is 0 Å². The second-order valence-electron chi connectivity index (χ2n) is 6.02. The number of fused-ring (bicyclic) bond motifs is 1.